The summed E-state index contributed by atoms with van der Waals surface area (Å²) in [5.74, 6) is -0.0304. The first-order valence-corrected chi connectivity index (χ1v) is 13.4. The van der Waals surface area contributed by atoms with Crippen LogP contribution in [0.3, 0.4) is 0 Å². The highest BCUT2D eigenvalue weighted by atomic mass is 16.5. The summed E-state index contributed by atoms with van der Waals surface area (Å²) >= 11 is 0. The minimum atomic E-state index is -1.67. The van der Waals surface area contributed by atoms with E-state index in [0.717, 1.165) is 6.42 Å². The summed E-state index contributed by atoms with van der Waals surface area (Å²) in [5.41, 5.74) is 0. The lowest BCUT2D eigenvalue weighted by Crippen LogP contribution is -2.46. The number of carbonyl (C=O) groups excluding carboxylic acids is 1. The molecule has 0 heterocycles. The molecule has 6 N–H and O–H groups in total. The van der Waals surface area contributed by atoms with Crippen molar-refractivity contribution in [2.75, 3.05) is 19.8 Å². The third-order valence-electron chi connectivity index (χ3n) is 5.80. The van der Waals surface area contributed by atoms with E-state index in [2.05, 4.69) is 6.92 Å². The third kappa shape index (κ3) is 23.0. The Kier molecular flexibility index (Phi) is 27.9. The highest BCUT2D eigenvalue weighted by Crippen LogP contribution is 2.13. The minimum Gasteiger partial charge on any atom is -0.466 e. The van der Waals surface area contributed by atoms with Gasteiger partial charge < -0.3 is 35.4 Å². The quantitative estimate of drug-likeness (QED) is 0.0993. The van der Waals surface area contributed by atoms with Crippen molar-refractivity contribution in [3.05, 3.63) is 0 Å². The fourth-order valence-electron chi connectivity index (χ4n) is 3.55. The van der Waals surface area contributed by atoms with Crippen LogP contribution in [0.15, 0.2) is 0 Å². The van der Waals surface area contributed by atoms with Gasteiger partial charge in [-0.2, -0.15) is 0 Å². The number of carbonyl (C=O) groups is 1. The van der Waals surface area contributed by atoms with Crippen LogP contribution >= 0.6 is 0 Å². The van der Waals surface area contributed by atoms with E-state index >= 15 is 0 Å². The van der Waals surface area contributed by atoms with Gasteiger partial charge in [-0.05, 0) is 13.3 Å². The molecule has 0 radical (unpaired) electrons. The number of esters is 1. The van der Waals surface area contributed by atoms with Crippen molar-refractivity contribution in [2.45, 2.75) is 141 Å². The molecule has 4 atom stereocenters. The molecule has 0 aromatic rings. The van der Waals surface area contributed by atoms with Crippen molar-refractivity contribution < 1.29 is 40.2 Å². The van der Waals surface area contributed by atoms with Gasteiger partial charge in [-0.3, -0.25) is 4.79 Å². The Balaban J connectivity index is 0. The van der Waals surface area contributed by atoms with Gasteiger partial charge >= 0.3 is 5.97 Å². The number of aliphatic hydroxyl groups excluding tert-OH is 6. The largest absolute Gasteiger partial charge is 0.466 e. The van der Waals surface area contributed by atoms with Crippen molar-refractivity contribution in [3.8, 4) is 0 Å². The van der Waals surface area contributed by atoms with E-state index in [1.807, 2.05) is 6.92 Å². The summed E-state index contributed by atoms with van der Waals surface area (Å²) in [5, 5.41) is 52.2. The van der Waals surface area contributed by atoms with Crippen LogP contribution in [0, 0.1) is 0 Å². The molecule has 0 saturated heterocycles. The Morgan fingerprint density at radius 3 is 1.21 bits per heavy atom. The van der Waals surface area contributed by atoms with E-state index in [1.54, 1.807) is 0 Å². The fraction of sp³-hybridized carbons (Fsp3) is 0.962. The topological polar surface area (TPSA) is 148 Å². The zero-order valence-corrected chi connectivity index (χ0v) is 21.7. The molecule has 0 spiro atoms. The van der Waals surface area contributed by atoms with Crippen molar-refractivity contribution in [1.29, 1.82) is 0 Å². The first-order chi connectivity index (χ1) is 16.3. The molecule has 0 aromatic heterocycles. The lowest BCUT2D eigenvalue weighted by molar-refractivity contribution is -0.143. The van der Waals surface area contributed by atoms with E-state index in [4.69, 9.17) is 35.4 Å². The van der Waals surface area contributed by atoms with Crippen LogP contribution in [0.2, 0.25) is 0 Å². The number of rotatable bonds is 22. The molecule has 0 rings (SSSR count). The van der Waals surface area contributed by atoms with E-state index in [-0.39, 0.29) is 5.97 Å². The van der Waals surface area contributed by atoms with Gasteiger partial charge in [0.05, 0.1) is 19.8 Å². The molecule has 206 valence electrons. The number of unbranched alkanes of at least 4 members (excludes halogenated alkanes) is 14. The Hall–Kier alpha value is -0.770. The Morgan fingerprint density at radius 1 is 0.588 bits per heavy atom. The van der Waals surface area contributed by atoms with Crippen LogP contribution in [-0.4, -0.2) is 80.8 Å². The van der Waals surface area contributed by atoms with E-state index in [0.29, 0.717) is 13.0 Å². The standard InChI is InChI=1S/C20H40O2.C6H14O6/c1-3-5-6-7-8-9-10-11-12-13-14-15-16-17-18-19-20(21)22-4-2;7-1-3(9)5(11)6(12)4(10)2-8/h3-19H2,1-2H3;3-12H,1-2H2/t;3-,4-,5-,6-/m.1/s1. The number of ether oxygens (including phenoxy) is 1. The van der Waals surface area contributed by atoms with Crippen molar-refractivity contribution >= 4 is 5.97 Å². The van der Waals surface area contributed by atoms with Gasteiger partial charge in [0, 0.05) is 6.42 Å². The molecule has 8 heteroatoms. The number of hydrogen-bond acceptors (Lipinski definition) is 8. The van der Waals surface area contributed by atoms with Crippen molar-refractivity contribution in [1.82, 2.24) is 0 Å². The summed E-state index contributed by atoms with van der Waals surface area (Å²) in [6.07, 6.45) is 14.6. The average molecular weight is 495 g/mol. The summed E-state index contributed by atoms with van der Waals surface area (Å²) in [4.78, 5) is 11.2. The first-order valence-electron chi connectivity index (χ1n) is 13.4. The summed E-state index contributed by atoms with van der Waals surface area (Å²) < 4.78 is 4.92. The van der Waals surface area contributed by atoms with Crippen LogP contribution in [0.25, 0.3) is 0 Å². The molecule has 0 aliphatic heterocycles. The second kappa shape index (κ2) is 26.8. The van der Waals surface area contributed by atoms with E-state index in [9.17, 15) is 4.79 Å². The Bertz CT molecular complexity index is 408. The Morgan fingerprint density at radius 2 is 0.912 bits per heavy atom. The van der Waals surface area contributed by atoms with Crippen molar-refractivity contribution in [3.63, 3.8) is 0 Å². The zero-order chi connectivity index (χ0) is 26.0. The molecule has 0 aliphatic carbocycles. The van der Waals surface area contributed by atoms with E-state index in [1.165, 1.54) is 89.9 Å². The van der Waals surface area contributed by atoms with Gasteiger partial charge in [0.15, 0.2) is 0 Å². The van der Waals surface area contributed by atoms with Gasteiger partial charge in [-0.25, -0.2) is 0 Å². The van der Waals surface area contributed by atoms with Gasteiger partial charge in [-0.15, -0.1) is 0 Å². The molecule has 0 saturated carbocycles. The second-order valence-electron chi connectivity index (χ2n) is 8.99. The van der Waals surface area contributed by atoms with Gasteiger partial charge in [0.2, 0.25) is 0 Å². The molecule has 0 aromatic carbocycles. The van der Waals surface area contributed by atoms with Crippen LogP contribution in [0.4, 0.5) is 0 Å². The van der Waals surface area contributed by atoms with Crippen LogP contribution in [-0.2, 0) is 9.53 Å². The lowest BCUT2D eigenvalue weighted by Gasteiger charge is -2.24. The minimum absolute atomic E-state index is 0.0304. The monoisotopic (exact) mass is 494 g/mol. The third-order valence-corrected chi connectivity index (χ3v) is 5.80. The van der Waals surface area contributed by atoms with Crippen LogP contribution in [0.1, 0.15) is 117 Å². The van der Waals surface area contributed by atoms with Crippen LogP contribution in [0.5, 0.6) is 0 Å². The zero-order valence-electron chi connectivity index (χ0n) is 21.7. The second-order valence-corrected chi connectivity index (χ2v) is 8.99. The maximum Gasteiger partial charge on any atom is 0.305 e. The average Bonchev–Trinajstić information content (AvgIpc) is 2.84. The lowest BCUT2D eigenvalue weighted by atomic mass is 10.0. The summed E-state index contributed by atoms with van der Waals surface area (Å²) in [6.45, 7) is 3.20. The normalized spacial score (nSPS) is 14.6. The van der Waals surface area contributed by atoms with Crippen LogP contribution < -0.4 is 0 Å². The number of aliphatic hydroxyl groups is 6. The number of hydrogen-bond donors (Lipinski definition) is 6. The summed E-state index contributed by atoms with van der Waals surface area (Å²) in [6, 6.07) is 0. The molecule has 0 bridgehead atoms. The Labute approximate surface area is 207 Å². The predicted octanol–water partition coefficient (Wildman–Crippen LogP) is 3.23. The molecule has 0 aliphatic rings. The SMILES string of the molecule is CCCCCCCCCCCCCCCCCC(=O)OCC.OC[C@@H](O)[C@@H](O)[C@H](O)[C@H](O)CO. The molecule has 34 heavy (non-hydrogen) atoms. The predicted molar refractivity (Wildman–Crippen MR) is 134 cm³/mol. The molecule has 0 fully saturated rings. The highest BCUT2D eigenvalue weighted by molar-refractivity contribution is 5.69. The van der Waals surface area contributed by atoms with Gasteiger partial charge in [-0.1, -0.05) is 96.8 Å². The molecule has 8 nitrogen and oxygen atoms in total. The maximum absolute atomic E-state index is 11.2. The summed E-state index contributed by atoms with van der Waals surface area (Å²) in [7, 11) is 0. The molecule has 0 amide bonds. The molecular formula is C26H54O8. The molecular weight excluding hydrogens is 440 g/mol. The maximum atomic E-state index is 11.2. The van der Waals surface area contributed by atoms with E-state index < -0.39 is 37.6 Å². The van der Waals surface area contributed by atoms with Gasteiger partial charge in [0.1, 0.15) is 24.4 Å². The fourth-order valence-corrected chi connectivity index (χ4v) is 3.55. The van der Waals surface area contributed by atoms with Gasteiger partial charge in [0.25, 0.3) is 0 Å². The first kappa shape index (κ1) is 35.4. The van der Waals surface area contributed by atoms with Crippen molar-refractivity contribution in [2.24, 2.45) is 0 Å². The smallest absolute Gasteiger partial charge is 0.305 e. The molecule has 0 unspecified atom stereocenters. The highest BCUT2D eigenvalue weighted by Gasteiger charge is 2.29.